The molecule has 2 aromatic rings. The fourth-order valence-electron chi connectivity index (χ4n) is 1.85. The highest BCUT2D eigenvalue weighted by Crippen LogP contribution is 2.22. The predicted octanol–water partition coefficient (Wildman–Crippen LogP) is 2.77. The number of H-pyrrole nitrogens is 1. The first-order chi connectivity index (χ1) is 7.81. The van der Waals surface area contributed by atoms with Crippen LogP contribution in [0.4, 0.5) is 0 Å². The molecule has 0 radical (unpaired) electrons. The largest absolute Gasteiger partial charge is 0.239 e. The Morgan fingerprint density at radius 2 is 2.00 bits per heavy atom. The molecule has 0 fully saturated rings. The minimum atomic E-state index is 0.618. The van der Waals surface area contributed by atoms with Crippen LogP contribution in [0.5, 0.6) is 0 Å². The third-order valence-corrected chi connectivity index (χ3v) is 2.82. The molecule has 0 saturated carbocycles. The fraction of sp³-hybridized carbons (Fsp3) is 0.417. The lowest BCUT2D eigenvalue weighted by atomic mass is 9.96. The fourth-order valence-corrected chi connectivity index (χ4v) is 1.85. The van der Waals surface area contributed by atoms with E-state index in [1.807, 2.05) is 0 Å². The highest BCUT2D eigenvalue weighted by molar-refractivity contribution is 5.54. The zero-order valence-corrected chi connectivity index (χ0v) is 9.64. The summed E-state index contributed by atoms with van der Waals surface area (Å²) in [4.78, 5) is 0. The van der Waals surface area contributed by atoms with Gasteiger partial charge in [0.25, 0.3) is 0 Å². The summed E-state index contributed by atoms with van der Waals surface area (Å²) in [5, 5.41) is 13.8. The molecule has 0 aliphatic rings. The maximum absolute atomic E-state index is 3.88. The number of benzene rings is 1. The number of nitrogens with zero attached hydrogens (tertiary/aromatic N) is 3. The molecule has 0 aliphatic heterocycles. The quantitative estimate of drug-likeness (QED) is 0.855. The molecule has 1 N–H and O–H groups in total. The van der Waals surface area contributed by atoms with Gasteiger partial charge in [0.15, 0.2) is 5.82 Å². The SMILES string of the molecule is CCCC(C)c1ccc(-c2nnn[nH]2)cc1. The molecule has 2 rings (SSSR count). The van der Waals surface area contributed by atoms with Crippen molar-refractivity contribution in [2.75, 3.05) is 0 Å². The van der Waals surface area contributed by atoms with Crippen LogP contribution >= 0.6 is 0 Å². The van der Waals surface area contributed by atoms with Crippen molar-refractivity contribution >= 4 is 0 Å². The first-order valence-electron chi connectivity index (χ1n) is 5.65. The molecule has 1 heterocycles. The van der Waals surface area contributed by atoms with Gasteiger partial charge in [-0.25, -0.2) is 5.10 Å². The highest BCUT2D eigenvalue weighted by atomic mass is 15.5. The van der Waals surface area contributed by atoms with Crippen molar-refractivity contribution in [1.29, 1.82) is 0 Å². The molecule has 0 amide bonds. The van der Waals surface area contributed by atoms with Crippen LogP contribution in [0.25, 0.3) is 11.4 Å². The Kier molecular flexibility index (Phi) is 3.29. The Bertz CT molecular complexity index is 419. The summed E-state index contributed by atoms with van der Waals surface area (Å²) in [5.74, 6) is 1.33. The predicted molar refractivity (Wildman–Crippen MR) is 62.9 cm³/mol. The lowest BCUT2D eigenvalue weighted by Crippen LogP contribution is -1.92. The second-order valence-corrected chi connectivity index (χ2v) is 4.06. The molecule has 1 aromatic heterocycles. The zero-order chi connectivity index (χ0) is 11.4. The molecule has 0 aliphatic carbocycles. The third kappa shape index (κ3) is 2.27. The van der Waals surface area contributed by atoms with Crippen molar-refractivity contribution in [3.63, 3.8) is 0 Å². The summed E-state index contributed by atoms with van der Waals surface area (Å²) in [6.07, 6.45) is 2.44. The number of hydrogen-bond donors (Lipinski definition) is 1. The topological polar surface area (TPSA) is 54.5 Å². The molecule has 0 bridgehead atoms. The number of nitrogens with one attached hydrogen (secondary N) is 1. The third-order valence-electron chi connectivity index (χ3n) is 2.82. The van der Waals surface area contributed by atoms with Crippen LogP contribution < -0.4 is 0 Å². The van der Waals surface area contributed by atoms with Gasteiger partial charge in [0, 0.05) is 5.56 Å². The molecule has 1 unspecified atom stereocenters. The summed E-state index contributed by atoms with van der Waals surface area (Å²) >= 11 is 0. The maximum Gasteiger partial charge on any atom is 0.179 e. The number of rotatable bonds is 4. The number of aromatic nitrogens is 4. The van der Waals surface area contributed by atoms with Gasteiger partial charge < -0.3 is 0 Å². The van der Waals surface area contributed by atoms with Crippen molar-refractivity contribution < 1.29 is 0 Å². The molecule has 1 atom stereocenters. The van der Waals surface area contributed by atoms with E-state index in [-0.39, 0.29) is 0 Å². The molecular weight excluding hydrogens is 200 g/mol. The van der Waals surface area contributed by atoms with Gasteiger partial charge in [-0.1, -0.05) is 44.5 Å². The average Bonchev–Trinajstić information content (AvgIpc) is 2.83. The van der Waals surface area contributed by atoms with Crippen LogP contribution in [0.3, 0.4) is 0 Å². The molecule has 4 heteroatoms. The molecule has 1 aromatic carbocycles. The average molecular weight is 216 g/mol. The maximum atomic E-state index is 3.88. The molecule has 84 valence electrons. The van der Waals surface area contributed by atoms with E-state index in [1.54, 1.807) is 0 Å². The molecule has 16 heavy (non-hydrogen) atoms. The van der Waals surface area contributed by atoms with Crippen molar-refractivity contribution in [2.24, 2.45) is 0 Å². The van der Waals surface area contributed by atoms with Crippen LogP contribution in [0.2, 0.25) is 0 Å². The van der Waals surface area contributed by atoms with Crippen LogP contribution in [0.1, 0.15) is 38.2 Å². The minimum absolute atomic E-state index is 0.618. The van der Waals surface area contributed by atoms with E-state index in [4.69, 9.17) is 0 Å². The van der Waals surface area contributed by atoms with E-state index in [1.165, 1.54) is 18.4 Å². The Labute approximate surface area is 95.1 Å². The minimum Gasteiger partial charge on any atom is -0.239 e. The molecule has 0 saturated heterocycles. The standard InChI is InChI=1S/C12H16N4/c1-3-4-9(2)10-5-7-11(8-6-10)12-13-15-16-14-12/h5-9H,3-4H2,1-2H3,(H,13,14,15,16). The Morgan fingerprint density at radius 1 is 1.25 bits per heavy atom. The van der Waals surface area contributed by atoms with Crippen molar-refractivity contribution in [2.45, 2.75) is 32.6 Å². The van der Waals surface area contributed by atoms with E-state index in [2.05, 4.69) is 58.7 Å². The zero-order valence-electron chi connectivity index (χ0n) is 9.64. The normalized spacial score (nSPS) is 12.6. The first kappa shape index (κ1) is 10.8. The first-order valence-corrected chi connectivity index (χ1v) is 5.65. The van der Waals surface area contributed by atoms with E-state index in [0.717, 1.165) is 11.4 Å². The lowest BCUT2D eigenvalue weighted by Gasteiger charge is -2.10. The Hall–Kier alpha value is -1.71. The van der Waals surface area contributed by atoms with Crippen LogP contribution in [-0.2, 0) is 0 Å². The van der Waals surface area contributed by atoms with Gasteiger partial charge in [0.05, 0.1) is 0 Å². The Balaban J connectivity index is 2.16. The molecular formula is C12H16N4. The van der Waals surface area contributed by atoms with Gasteiger partial charge in [0.1, 0.15) is 0 Å². The number of tetrazole rings is 1. The van der Waals surface area contributed by atoms with Crippen molar-refractivity contribution in [1.82, 2.24) is 20.6 Å². The lowest BCUT2D eigenvalue weighted by molar-refractivity contribution is 0.665. The van der Waals surface area contributed by atoms with Crippen molar-refractivity contribution in [3.05, 3.63) is 29.8 Å². The summed E-state index contributed by atoms with van der Waals surface area (Å²) in [6, 6.07) is 8.42. The number of hydrogen-bond acceptors (Lipinski definition) is 3. The molecule has 0 spiro atoms. The van der Waals surface area contributed by atoms with E-state index < -0.39 is 0 Å². The Morgan fingerprint density at radius 3 is 2.56 bits per heavy atom. The molecule has 4 nitrogen and oxygen atoms in total. The summed E-state index contributed by atoms with van der Waals surface area (Å²) in [5.41, 5.74) is 2.40. The number of aromatic amines is 1. The monoisotopic (exact) mass is 216 g/mol. The smallest absolute Gasteiger partial charge is 0.179 e. The van der Waals surface area contributed by atoms with E-state index in [0.29, 0.717) is 5.92 Å². The second-order valence-electron chi connectivity index (χ2n) is 4.06. The van der Waals surface area contributed by atoms with Crippen LogP contribution in [0, 0.1) is 0 Å². The van der Waals surface area contributed by atoms with E-state index >= 15 is 0 Å². The van der Waals surface area contributed by atoms with E-state index in [9.17, 15) is 0 Å². The van der Waals surface area contributed by atoms with Gasteiger partial charge in [-0.2, -0.15) is 0 Å². The second kappa shape index (κ2) is 4.88. The van der Waals surface area contributed by atoms with Crippen LogP contribution in [0.15, 0.2) is 24.3 Å². The van der Waals surface area contributed by atoms with Crippen molar-refractivity contribution in [3.8, 4) is 11.4 Å². The van der Waals surface area contributed by atoms with Gasteiger partial charge in [-0.05, 0) is 28.3 Å². The van der Waals surface area contributed by atoms with Gasteiger partial charge >= 0.3 is 0 Å². The highest BCUT2D eigenvalue weighted by Gasteiger charge is 2.05. The van der Waals surface area contributed by atoms with Gasteiger partial charge in [-0.3, -0.25) is 0 Å². The summed E-state index contributed by atoms with van der Waals surface area (Å²) in [7, 11) is 0. The summed E-state index contributed by atoms with van der Waals surface area (Å²) in [6.45, 7) is 4.47. The van der Waals surface area contributed by atoms with Gasteiger partial charge in [-0.15, -0.1) is 5.10 Å². The van der Waals surface area contributed by atoms with Crippen LogP contribution in [-0.4, -0.2) is 20.6 Å². The summed E-state index contributed by atoms with van der Waals surface area (Å²) < 4.78 is 0. The van der Waals surface area contributed by atoms with Gasteiger partial charge in [0.2, 0.25) is 0 Å².